The van der Waals surface area contributed by atoms with Gasteiger partial charge in [-0.3, -0.25) is 9.59 Å². The molecule has 114 valence electrons. The largest absolute Gasteiger partial charge is 0.331 e. The lowest BCUT2D eigenvalue weighted by Gasteiger charge is -2.35. The Balaban J connectivity index is 2.31. The highest BCUT2D eigenvalue weighted by atomic mass is 32.2. The van der Waals surface area contributed by atoms with E-state index in [-0.39, 0.29) is 23.1 Å². The van der Waals surface area contributed by atoms with Crippen molar-refractivity contribution in [2.75, 3.05) is 12.3 Å². The van der Waals surface area contributed by atoms with Crippen LogP contribution in [-0.2, 0) is 9.59 Å². The maximum atomic E-state index is 12.8. The molecular formula is C16H27NO2S. The maximum absolute atomic E-state index is 12.8. The molecule has 4 heteroatoms. The molecule has 20 heavy (non-hydrogen) atoms. The van der Waals surface area contributed by atoms with Crippen LogP contribution >= 0.6 is 11.8 Å². The molecule has 0 bridgehead atoms. The van der Waals surface area contributed by atoms with E-state index >= 15 is 0 Å². The van der Waals surface area contributed by atoms with Gasteiger partial charge in [-0.2, -0.15) is 11.8 Å². The minimum absolute atomic E-state index is 0.120. The molecule has 2 saturated heterocycles. The highest BCUT2D eigenvalue weighted by Gasteiger charge is 2.52. The SMILES string of the molecule is CC(C)(C)C(=O)C1C2SCCC2CN1C(=O)C(C)(C)C. The van der Waals surface area contributed by atoms with Crippen LogP contribution in [0.25, 0.3) is 0 Å². The fraction of sp³-hybridized carbons (Fsp3) is 0.875. The van der Waals surface area contributed by atoms with Crippen LogP contribution in [-0.4, -0.2) is 40.2 Å². The summed E-state index contributed by atoms with van der Waals surface area (Å²) in [5, 5.41) is 0.313. The smallest absolute Gasteiger partial charge is 0.228 e. The fourth-order valence-electron chi connectivity index (χ4n) is 3.12. The first-order valence-electron chi connectivity index (χ1n) is 7.50. The molecule has 0 saturated carbocycles. The minimum Gasteiger partial charge on any atom is -0.331 e. The molecule has 3 atom stereocenters. The molecular weight excluding hydrogens is 270 g/mol. The molecule has 0 aromatic rings. The molecule has 2 heterocycles. The van der Waals surface area contributed by atoms with Gasteiger partial charge in [-0.05, 0) is 18.1 Å². The second-order valence-corrected chi connectivity index (χ2v) is 9.44. The Morgan fingerprint density at radius 1 is 1.05 bits per heavy atom. The molecule has 2 aliphatic rings. The topological polar surface area (TPSA) is 37.4 Å². The number of fused-ring (bicyclic) bond motifs is 1. The first-order valence-corrected chi connectivity index (χ1v) is 8.55. The summed E-state index contributed by atoms with van der Waals surface area (Å²) in [7, 11) is 0. The molecule has 0 spiro atoms. The van der Waals surface area contributed by atoms with E-state index in [1.54, 1.807) is 0 Å². The highest BCUT2D eigenvalue weighted by Crippen LogP contribution is 2.45. The Bertz CT molecular complexity index is 419. The van der Waals surface area contributed by atoms with E-state index in [2.05, 4.69) is 0 Å². The lowest BCUT2D eigenvalue weighted by molar-refractivity contribution is -0.146. The number of hydrogen-bond donors (Lipinski definition) is 0. The van der Waals surface area contributed by atoms with Gasteiger partial charge in [-0.25, -0.2) is 0 Å². The van der Waals surface area contributed by atoms with Gasteiger partial charge in [0.1, 0.15) is 6.04 Å². The van der Waals surface area contributed by atoms with Gasteiger partial charge in [0.2, 0.25) is 5.91 Å². The van der Waals surface area contributed by atoms with E-state index < -0.39 is 5.41 Å². The first kappa shape index (κ1) is 15.9. The number of Topliss-reactive ketones (excluding diaryl/α,β-unsaturated/α-hetero) is 1. The van der Waals surface area contributed by atoms with Gasteiger partial charge < -0.3 is 4.90 Å². The second-order valence-electron chi connectivity index (χ2n) is 8.15. The lowest BCUT2D eigenvalue weighted by Crippen LogP contribution is -2.51. The number of carbonyl (C=O) groups excluding carboxylic acids is 2. The number of ketones is 1. The third kappa shape index (κ3) is 2.76. The molecule has 0 aliphatic carbocycles. The molecule has 0 aromatic heterocycles. The van der Waals surface area contributed by atoms with Gasteiger partial charge in [0.05, 0.1) is 0 Å². The summed E-state index contributed by atoms with van der Waals surface area (Å²) in [6.45, 7) is 12.5. The molecule has 2 rings (SSSR count). The van der Waals surface area contributed by atoms with Crippen LogP contribution in [0, 0.1) is 16.7 Å². The average Bonchev–Trinajstić information content (AvgIpc) is 2.83. The third-order valence-corrected chi connectivity index (χ3v) is 5.75. The van der Waals surface area contributed by atoms with E-state index in [4.69, 9.17) is 0 Å². The number of likely N-dealkylation sites (tertiary alicyclic amines) is 1. The molecule has 2 fully saturated rings. The Labute approximate surface area is 126 Å². The Morgan fingerprint density at radius 2 is 1.65 bits per heavy atom. The van der Waals surface area contributed by atoms with Crippen molar-refractivity contribution in [2.24, 2.45) is 16.7 Å². The molecule has 3 unspecified atom stereocenters. The molecule has 3 nitrogen and oxygen atoms in total. The number of rotatable bonds is 1. The zero-order chi connectivity index (χ0) is 15.3. The molecule has 0 aromatic carbocycles. The number of carbonyl (C=O) groups is 2. The number of thioether (sulfide) groups is 1. The number of hydrogen-bond acceptors (Lipinski definition) is 3. The minimum atomic E-state index is -0.417. The molecule has 1 amide bonds. The van der Waals surface area contributed by atoms with Gasteiger partial charge in [-0.15, -0.1) is 0 Å². The van der Waals surface area contributed by atoms with Crippen LogP contribution in [0.4, 0.5) is 0 Å². The van der Waals surface area contributed by atoms with Crippen LogP contribution in [0.5, 0.6) is 0 Å². The van der Waals surface area contributed by atoms with Crippen LogP contribution < -0.4 is 0 Å². The zero-order valence-electron chi connectivity index (χ0n) is 13.5. The van der Waals surface area contributed by atoms with Crippen molar-refractivity contribution in [3.63, 3.8) is 0 Å². The zero-order valence-corrected chi connectivity index (χ0v) is 14.3. The fourth-order valence-corrected chi connectivity index (χ4v) is 4.78. The Hall–Kier alpha value is -0.510. The highest BCUT2D eigenvalue weighted by molar-refractivity contribution is 8.00. The quantitative estimate of drug-likeness (QED) is 0.746. The van der Waals surface area contributed by atoms with Gasteiger partial charge in [0, 0.05) is 22.6 Å². The van der Waals surface area contributed by atoms with Crippen LogP contribution in [0.3, 0.4) is 0 Å². The lowest BCUT2D eigenvalue weighted by atomic mass is 9.83. The monoisotopic (exact) mass is 297 g/mol. The summed E-state index contributed by atoms with van der Waals surface area (Å²) in [6, 6.07) is -0.223. The Morgan fingerprint density at radius 3 is 2.15 bits per heavy atom. The predicted octanol–water partition coefficient (Wildman–Crippen LogP) is 2.98. The number of nitrogens with zero attached hydrogens (tertiary/aromatic N) is 1. The summed E-state index contributed by atoms with van der Waals surface area (Å²) in [5.74, 6) is 1.97. The second kappa shape index (κ2) is 5.04. The normalized spacial score (nSPS) is 30.5. The van der Waals surface area contributed by atoms with Crippen molar-refractivity contribution >= 4 is 23.5 Å². The van der Waals surface area contributed by atoms with Gasteiger partial charge in [-0.1, -0.05) is 41.5 Å². The van der Waals surface area contributed by atoms with Gasteiger partial charge in [0.15, 0.2) is 5.78 Å². The van der Waals surface area contributed by atoms with Crippen molar-refractivity contribution < 1.29 is 9.59 Å². The van der Waals surface area contributed by atoms with Gasteiger partial charge in [0.25, 0.3) is 0 Å². The summed E-state index contributed by atoms with van der Waals surface area (Å²) in [6.07, 6.45) is 1.14. The maximum Gasteiger partial charge on any atom is 0.228 e. The van der Waals surface area contributed by atoms with Crippen molar-refractivity contribution in [2.45, 2.75) is 59.3 Å². The van der Waals surface area contributed by atoms with E-state index in [0.717, 1.165) is 18.7 Å². The van der Waals surface area contributed by atoms with Gasteiger partial charge >= 0.3 is 0 Å². The van der Waals surface area contributed by atoms with Crippen molar-refractivity contribution in [3.05, 3.63) is 0 Å². The van der Waals surface area contributed by atoms with Crippen LogP contribution in [0.2, 0.25) is 0 Å². The average molecular weight is 297 g/mol. The predicted molar refractivity (Wildman–Crippen MR) is 83.8 cm³/mol. The Kier molecular flexibility index (Phi) is 4.00. The van der Waals surface area contributed by atoms with Crippen LogP contribution in [0.1, 0.15) is 48.0 Å². The van der Waals surface area contributed by atoms with E-state index in [1.165, 1.54) is 0 Å². The summed E-state index contributed by atoms with van der Waals surface area (Å²) in [4.78, 5) is 27.4. The van der Waals surface area contributed by atoms with E-state index in [1.807, 2.05) is 58.2 Å². The third-order valence-electron chi connectivity index (χ3n) is 4.25. The summed E-state index contributed by atoms with van der Waals surface area (Å²) < 4.78 is 0. The molecule has 0 radical (unpaired) electrons. The van der Waals surface area contributed by atoms with Crippen LogP contribution in [0.15, 0.2) is 0 Å². The molecule has 0 N–H and O–H groups in total. The van der Waals surface area contributed by atoms with Crippen molar-refractivity contribution in [1.82, 2.24) is 4.90 Å². The summed E-state index contributed by atoms with van der Waals surface area (Å²) >= 11 is 1.88. The summed E-state index contributed by atoms with van der Waals surface area (Å²) in [5.41, 5.74) is -0.807. The van der Waals surface area contributed by atoms with Crippen molar-refractivity contribution in [1.29, 1.82) is 0 Å². The van der Waals surface area contributed by atoms with E-state index in [9.17, 15) is 9.59 Å². The standard InChI is InChI=1S/C16H27NO2S/c1-15(2,3)13(18)11-12-10(7-8-20-12)9-17(11)14(19)16(4,5)6/h10-12H,7-9H2,1-6H3. The first-order chi connectivity index (χ1) is 9.03. The number of amides is 1. The van der Waals surface area contributed by atoms with E-state index in [0.29, 0.717) is 11.2 Å². The van der Waals surface area contributed by atoms with Crippen molar-refractivity contribution in [3.8, 4) is 0 Å². The molecule has 2 aliphatic heterocycles.